The molecule has 1 fully saturated rings. The molecule has 0 aliphatic carbocycles. The molecule has 0 radical (unpaired) electrons. The van der Waals surface area contributed by atoms with Gasteiger partial charge in [0.25, 0.3) is 5.56 Å². The molecule has 1 saturated heterocycles. The van der Waals surface area contributed by atoms with Crippen molar-refractivity contribution in [2.45, 2.75) is 13.1 Å². The molecule has 32 heavy (non-hydrogen) atoms. The minimum Gasteiger partial charge on any atom is -0.496 e. The number of halogens is 1. The highest BCUT2D eigenvalue weighted by Gasteiger charge is 2.23. The summed E-state index contributed by atoms with van der Waals surface area (Å²) in [6, 6.07) is 17.1. The van der Waals surface area contributed by atoms with Crippen LogP contribution in [-0.4, -0.2) is 58.8 Å². The molecular weight excluding hydrogens is 411 g/mol. The fourth-order valence-corrected chi connectivity index (χ4v) is 3.82. The summed E-state index contributed by atoms with van der Waals surface area (Å²) < 4.78 is 20.2. The lowest BCUT2D eigenvalue weighted by molar-refractivity contribution is -0.133. The van der Waals surface area contributed by atoms with Crippen LogP contribution in [0.4, 0.5) is 4.39 Å². The van der Waals surface area contributed by atoms with Gasteiger partial charge in [-0.25, -0.2) is 9.07 Å². The molecule has 1 aliphatic heterocycles. The highest BCUT2D eigenvalue weighted by molar-refractivity contribution is 5.76. The highest BCUT2D eigenvalue weighted by Crippen LogP contribution is 2.22. The first-order valence-corrected chi connectivity index (χ1v) is 10.5. The summed E-state index contributed by atoms with van der Waals surface area (Å²) in [6.45, 7) is 2.81. The molecule has 7 nitrogen and oxygen atoms in total. The summed E-state index contributed by atoms with van der Waals surface area (Å²) in [5, 5.41) is 4.37. The molecule has 3 aromatic rings. The molecule has 0 N–H and O–H groups in total. The number of amides is 1. The smallest absolute Gasteiger partial charge is 0.267 e. The Balaban J connectivity index is 1.37. The van der Waals surface area contributed by atoms with Gasteiger partial charge in [0.15, 0.2) is 0 Å². The number of carbonyl (C=O) groups excluding carboxylic acids is 1. The third-order valence-corrected chi connectivity index (χ3v) is 5.58. The molecule has 0 spiro atoms. The average molecular weight is 436 g/mol. The number of methoxy groups -OCH3 is 1. The van der Waals surface area contributed by atoms with Gasteiger partial charge in [-0.15, -0.1) is 0 Å². The largest absolute Gasteiger partial charge is 0.496 e. The van der Waals surface area contributed by atoms with Crippen LogP contribution in [0.2, 0.25) is 0 Å². The second-order valence-electron chi connectivity index (χ2n) is 7.69. The third kappa shape index (κ3) is 5.03. The molecule has 166 valence electrons. The maximum absolute atomic E-state index is 13.6. The molecule has 2 heterocycles. The number of nitrogens with zero attached hydrogens (tertiary/aromatic N) is 4. The maximum atomic E-state index is 13.6. The maximum Gasteiger partial charge on any atom is 0.267 e. The normalized spacial score (nSPS) is 14.4. The quantitative estimate of drug-likeness (QED) is 0.594. The fourth-order valence-electron chi connectivity index (χ4n) is 3.82. The van der Waals surface area contributed by atoms with E-state index >= 15 is 0 Å². The van der Waals surface area contributed by atoms with E-state index in [2.05, 4.69) is 10.00 Å². The molecular formula is C24H25FN4O3. The van der Waals surface area contributed by atoms with Crippen LogP contribution in [0.25, 0.3) is 11.3 Å². The Hall–Kier alpha value is -3.52. The van der Waals surface area contributed by atoms with Gasteiger partial charge in [-0.3, -0.25) is 14.5 Å². The number of hydrogen-bond acceptors (Lipinski definition) is 5. The van der Waals surface area contributed by atoms with E-state index in [0.717, 1.165) is 11.1 Å². The zero-order valence-corrected chi connectivity index (χ0v) is 17.9. The number of aromatic nitrogens is 2. The number of rotatable bonds is 6. The standard InChI is InChI=1S/C24H25FN4O3/c1-32-22-9-7-20(25)15-19(22)16-27-11-13-28(14-12-27)24(31)17-29-23(30)10-8-21(26-29)18-5-3-2-4-6-18/h2-10,15H,11-14,16-17H2,1H3. The number of hydrogen-bond donors (Lipinski definition) is 0. The second-order valence-corrected chi connectivity index (χ2v) is 7.69. The van der Waals surface area contributed by atoms with Crippen LogP contribution in [0.15, 0.2) is 65.5 Å². The van der Waals surface area contributed by atoms with Crippen molar-refractivity contribution < 1.29 is 13.9 Å². The van der Waals surface area contributed by atoms with E-state index in [-0.39, 0.29) is 23.8 Å². The van der Waals surface area contributed by atoms with Gasteiger partial charge in [-0.05, 0) is 24.3 Å². The van der Waals surface area contributed by atoms with Crippen molar-refractivity contribution in [2.24, 2.45) is 0 Å². The lowest BCUT2D eigenvalue weighted by Crippen LogP contribution is -2.49. The van der Waals surface area contributed by atoms with Gasteiger partial charge in [0.05, 0.1) is 12.8 Å². The van der Waals surface area contributed by atoms with E-state index in [1.54, 1.807) is 24.1 Å². The summed E-state index contributed by atoms with van der Waals surface area (Å²) in [5.74, 6) is 0.201. The molecule has 0 saturated carbocycles. The summed E-state index contributed by atoms with van der Waals surface area (Å²) in [7, 11) is 1.57. The Morgan fingerprint density at radius 2 is 1.78 bits per heavy atom. The summed E-state index contributed by atoms with van der Waals surface area (Å²) in [5.41, 5.74) is 2.00. The molecule has 2 aromatic carbocycles. The van der Waals surface area contributed by atoms with Crippen LogP contribution in [0, 0.1) is 5.82 Å². The number of piperazine rings is 1. The predicted molar refractivity (Wildman–Crippen MR) is 119 cm³/mol. The van der Waals surface area contributed by atoms with E-state index in [0.29, 0.717) is 44.2 Å². The van der Waals surface area contributed by atoms with Gasteiger partial charge in [-0.1, -0.05) is 30.3 Å². The molecule has 4 rings (SSSR count). The minimum absolute atomic E-state index is 0.1000. The molecule has 1 aliphatic rings. The Labute approximate surface area is 185 Å². The van der Waals surface area contributed by atoms with Gasteiger partial charge in [0.1, 0.15) is 18.1 Å². The molecule has 0 atom stereocenters. The van der Waals surface area contributed by atoms with Crippen LogP contribution in [-0.2, 0) is 17.9 Å². The zero-order valence-electron chi connectivity index (χ0n) is 17.9. The van der Waals surface area contributed by atoms with Crippen molar-refractivity contribution in [3.05, 3.63) is 82.4 Å². The van der Waals surface area contributed by atoms with Crippen LogP contribution in [0.3, 0.4) is 0 Å². The lowest BCUT2D eigenvalue weighted by Gasteiger charge is -2.35. The molecule has 8 heteroatoms. The summed E-state index contributed by atoms with van der Waals surface area (Å²) in [4.78, 5) is 29.0. The number of benzene rings is 2. The topological polar surface area (TPSA) is 67.7 Å². The average Bonchev–Trinajstić information content (AvgIpc) is 2.81. The van der Waals surface area contributed by atoms with E-state index in [4.69, 9.17) is 4.74 Å². The Bertz CT molecular complexity index is 1140. The van der Waals surface area contributed by atoms with Crippen molar-refractivity contribution in [3.8, 4) is 17.0 Å². The first kappa shape index (κ1) is 21.7. The van der Waals surface area contributed by atoms with Crippen molar-refractivity contribution in [1.82, 2.24) is 19.6 Å². The van der Waals surface area contributed by atoms with Crippen LogP contribution in [0.5, 0.6) is 5.75 Å². The SMILES string of the molecule is COc1ccc(F)cc1CN1CCN(C(=O)Cn2nc(-c3ccccc3)ccc2=O)CC1. The first-order chi connectivity index (χ1) is 15.5. The van der Waals surface area contributed by atoms with E-state index in [1.165, 1.54) is 22.9 Å². The molecule has 0 unspecified atom stereocenters. The Morgan fingerprint density at radius 3 is 2.50 bits per heavy atom. The van der Waals surface area contributed by atoms with E-state index in [1.807, 2.05) is 30.3 Å². The Morgan fingerprint density at radius 1 is 1.03 bits per heavy atom. The van der Waals surface area contributed by atoms with E-state index in [9.17, 15) is 14.0 Å². The zero-order chi connectivity index (χ0) is 22.5. The summed E-state index contributed by atoms with van der Waals surface area (Å²) in [6.07, 6.45) is 0. The molecule has 0 bridgehead atoms. The third-order valence-electron chi connectivity index (χ3n) is 5.58. The molecule has 1 aromatic heterocycles. The van der Waals surface area contributed by atoms with Crippen molar-refractivity contribution >= 4 is 5.91 Å². The van der Waals surface area contributed by atoms with Crippen molar-refractivity contribution in [2.75, 3.05) is 33.3 Å². The Kier molecular flexibility index (Phi) is 6.61. The fraction of sp³-hybridized carbons (Fsp3) is 0.292. The van der Waals surface area contributed by atoms with Crippen molar-refractivity contribution in [3.63, 3.8) is 0 Å². The predicted octanol–water partition coefficient (Wildman–Crippen LogP) is 2.40. The second kappa shape index (κ2) is 9.74. The van der Waals surface area contributed by atoms with Crippen LogP contribution >= 0.6 is 0 Å². The first-order valence-electron chi connectivity index (χ1n) is 10.5. The van der Waals surface area contributed by atoms with E-state index < -0.39 is 0 Å². The van der Waals surface area contributed by atoms with Gasteiger partial charge in [-0.2, -0.15) is 5.10 Å². The lowest BCUT2D eigenvalue weighted by atomic mass is 10.1. The number of ether oxygens (including phenoxy) is 1. The number of carbonyl (C=O) groups is 1. The monoisotopic (exact) mass is 436 g/mol. The highest BCUT2D eigenvalue weighted by atomic mass is 19.1. The summed E-state index contributed by atoms with van der Waals surface area (Å²) >= 11 is 0. The minimum atomic E-state index is -0.310. The van der Waals surface area contributed by atoms with Crippen LogP contribution < -0.4 is 10.3 Å². The van der Waals surface area contributed by atoms with Gasteiger partial charge < -0.3 is 9.64 Å². The van der Waals surface area contributed by atoms with Crippen molar-refractivity contribution in [1.29, 1.82) is 0 Å². The van der Waals surface area contributed by atoms with Gasteiger partial charge in [0, 0.05) is 49.9 Å². The molecule has 1 amide bonds. The van der Waals surface area contributed by atoms with Crippen LogP contribution in [0.1, 0.15) is 5.56 Å². The van der Waals surface area contributed by atoms with Gasteiger partial charge >= 0.3 is 0 Å². The van der Waals surface area contributed by atoms with Gasteiger partial charge in [0.2, 0.25) is 5.91 Å².